The quantitative estimate of drug-likeness (QED) is 0.758. The molecule has 0 bridgehead atoms. The fraction of sp³-hybridized carbons (Fsp3) is 0.333. The largest absolute Gasteiger partial charge is 0.342 e. The summed E-state index contributed by atoms with van der Waals surface area (Å²) in [6, 6.07) is 6.36. The number of imidazole rings is 1. The summed E-state index contributed by atoms with van der Waals surface area (Å²) in [5.41, 5.74) is 4.55. The Hall–Kier alpha value is -1.68. The Labute approximate surface area is 115 Å². The standard InChI is InChI=1S/C15H15N3S/c1-8-14(19-9(2)16-8)11-4-3-5-12-13(11)18-15(17-12)10-6-7-10/h3-5,10H,6-7H2,1-2H3,(H,17,18). The number of hydrogen-bond acceptors (Lipinski definition) is 3. The molecule has 1 aliphatic carbocycles. The van der Waals surface area contributed by atoms with Crippen LogP contribution in [0, 0.1) is 13.8 Å². The molecule has 1 saturated carbocycles. The Bertz CT molecular complexity index is 765. The molecule has 1 fully saturated rings. The first kappa shape index (κ1) is 11.2. The molecule has 0 unspecified atom stereocenters. The summed E-state index contributed by atoms with van der Waals surface area (Å²) in [6.45, 7) is 4.13. The van der Waals surface area contributed by atoms with Crippen molar-refractivity contribution in [2.45, 2.75) is 32.6 Å². The molecule has 0 radical (unpaired) electrons. The Morgan fingerprint density at radius 2 is 2.05 bits per heavy atom. The van der Waals surface area contributed by atoms with E-state index in [1.54, 1.807) is 11.3 Å². The average molecular weight is 269 g/mol. The lowest BCUT2D eigenvalue weighted by molar-refractivity contribution is 0.986. The average Bonchev–Trinajstić information content (AvgIpc) is 3.05. The first-order valence-electron chi connectivity index (χ1n) is 6.65. The molecular formula is C15H15N3S. The lowest BCUT2D eigenvalue weighted by Crippen LogP contribution is -1.82. The van der Waals surface area contributed by atoms with E-state index in [4.69, 9.17) is 4.98 Å². The highest BCUT2D eigenvalue weighted by atomic mass is 32.1. The van der Waals surface area contributed by atoms with Crippen LogP contribution in [0.3, 0.4) is 0 Å². The van der Waals surface area contributed by atoms with E-state index >= 15 is 0 Å². The van der Waals surface area contributed by atoms with Crippen LogP contribution in [-0.2, 0) is 0 Å². The van der Waals surface area contributed by atoms with Crippen LogP contribution in [0.15, 0.2) is 18.2 Å². The third-order valence-corrected chi connectivity index (χ3v) is 4.75. The van der Waals surface area contributed by atoms with E-state index in [0.29, 0.717) is 5.92 Å². The van der Waals surface area contributed by atoms with Gasteiger partial charge in [-0.3, -0.25) is 0 Å². The van der Waals surface area contributed by atoms with Gasteiger partial charge in [0.1, 0.15) is 5.82 Å². The lowest BCUT2D eigenvalue weighted by Gasteiger charge is -1.99. The fourth-order valence-electron chi connectivity index (χ4n) is 2.57. The summed E-state index contributed by atoms with van der Waals surface area (Å²) in [5, 5.41) is 1.11. The van der Waals surface area contributed by atoms with Gasteiger partial charge in [0.2, 0.25) is 0 Å². The van der Waals surface area contributed by atoms with Crippen LogP contribution in [0.25, 0.3) is 21.5 Å². The van der Waals surface area contributed by atoms with Crippen molar-refractivity contribution < 1.29 is 0 Å². The summed E-state index contributed by atoms with van der Waals surface area (Å²) in [5.74, 6) is 1.81. The maximum atomic E-state index is 4.82. The van der Waals surface area contributed by atoms with E-state index in [-0.39, 0.29) is 0 Å². The van der Waals surface area contributed by atoms with Crippen molar-refractivity contribution in [2.24, 2.45) is 0 Å². The maximum Gasteiger partial charge on any atom is 0.110 e. The van der Waals surface area contributed by atoms with Crippen molar-refractivity contribution in [2.75, 3.05) is 0 Å². The Balaban J connectivity index is 1.95. The molecule has 0 amide bonds. The molecular weight excluding hydrogens is 254 g/mol. The topological polar surface area (TPSA) is 41.6 Å². The fourth-order valence-corrected chi connectivity index (χ4v) is 3.51. The summed E-state index contributed by atoms with van der Waals surface area (Å²) < 4.78 is 0. The zero-order valence-electron chi connectivity index (χ0n) is 11.0. The number of aryl methyl sites for hydroxylation is 2. The predicted molar refractivity (Wildman–Crippen MR) is 78.7 cm³/mol. The van der Waals surface area contributed by atoms with E-state index in [9.17, 15) is 0 Å². The predicted octanol–water partition coefficient (Wildman–Crippen LogP) is 4.18. The highest BCUT2D eigenvalue weighted by Gasteiger charge is 2.27. The van der Waals surface area contributed by atoms with Crippen molar-refractivity contribution in [3.63, 3.8) is 0 Å². The maximum absolute atomic E-state index is 4.82. The minimum atomic E-state index is 0.657. The third kappa shape index (κ3) is 1.78. The van der Waals surface area contributed by atoms with Crippen molar-refractivity contribution in [1.82, 2.24) is 15.0 Å². The SMILES string of the molecule is Cc1nc(C)c(-c2cccc3[nH]c(C4CC4)nc23)s1. The Kier molecular flexibility index (Phi) is 2.30. The smallest absolute Gasteiger partial charge is 0.110 e. The molecule has 1 N–H and O–H groups in total. The first-order valence-corrected chi connectivity index (χ1v) is 7.47. The second kappa shape index (κ2) is 3.90. The number of nitrogens with one attached hydrogen (secondary N) is 1. The molecule has 0 atom stereocenters. The van der Waals surface area contributed by atoms with Gasteiger partial charge < -0.3 is 4.98 Å². The number of fused-ring (bicyclic) bond motifs is 1. The number of aromatic nitrogens is 3. The number of rotatable bonds is 2. The van der Waals surface area contributed by atoms with E-state index in [1.807, 2.05) is 0 Å². The minimum absolute atomic E-state index is 0.657. The van der Waals surface area contributed by atoms with Crippen LogP contribution in [0.5, 0.6) is 0 Å². The number of H-pyrrole nitrogens is 1. The molecule has 4 heteroatoms. The Morgan fingerprint density at radius 1 is 1.21 bits per heavy atom. The van der Waals surface area contributed by atoms with Gasteiger partial charge in [0.05, 0.1) is 26.6 Å². The molecule has 19 heavy (non-hydrogen) atoms. The van der Waals surface area contributed by atoms with Crippen molar-refractivity contribution >= 4 is 22.4 Å². The van der Waals surface area contributed by atoms with Crippen LogP contribution in [0.1, 0.15) is 35.3 Å². The zero-order chi connectivity index (χ0) is 13.0. The van der Waals surface area contributed by atoms with Crippen LogP contribution in [0.4, 0.5) is 0 Å². The number of benzene rings is 1. The van der Waals surface area contributed by atoms with Gasteiger partial charge in [0.15, 0.2) is 0 Å². The monoisotopic (exact) mass is 269 g/mol. The molecule has 0 saturated heterocycles. The van der Waals surface area contributed by atoms with Gasteiger partial charge in [0.25, 0.3) is 0 Å². The van der Waals surface area contributed by atoms with E-state index in [0.717, 1.165) is 27.6 Å². The summed E-state index contributed by atoms with van der Waals surface area (Å²) in [6.07, 6.45) is 2.54. The molecule has 4 rings (SSSR count). The molecule has 96 valence electrons. The van der Waals surface area contributed by atoms with Gasteiger partial charge in [-0.05, 0) is 32.8 Å². The van der Waals surface area contributed by atoms with Gasteiger partial charge in [-0.2, -0.15) is 0 Å². The second-order valence-corrected chi connectivity index (χ2v) is 6.45. The van der Waals surface area contributed by atoms with Crippen LogP contribution < -0.4 is 0 Å². The van der Waals surface area contributed by atoms with Gasteiger partial charge in [0, 0.05) is 11.5 Å². The van der Waals surface area contributed by atoms with Crippen molar-refractivity contribution in [1.29, 1.82) is 0 Å². The van der Waals surface area contributed by atoms with Crippen molar-refractivity contribution in [3.8, 4) is 10.4 Å². The summed E-state index contributed by atoms with van der Waals surface area (Å²) >= 11 is 1.75. The number of para-hydroxylation sites is 1. The number of hydrogen-bond donors (Lipinski definition) is 1. The molecule has 2 heterocycles. The zero-order valence-corrected chi connectivity index (χ0v) is 11.8. The van der Waals surface area contributed by atoms with Crippen LogP contribution >= 0.6 is 11.3 Å². The third-order valence-electron chi connectivity index (χ3n) is 3.64. The Morgan fingerprint density at radius 3 is 2.74 bits per heavy atom. The minimum Gasteiger partial charge on any atom is -0.342 e. The van der Waals surface area contributed by atoms with Gasteiger partial charge in [-0.15, -0.1) is 11.3 Å². The van der Waals surface area contributed by atoms with E-state index in [1.165, 1.54) is 23.3 Å². The molecule has 3 aromatic rings. The van der Waals surface area contributed by atoms with Crippen molar-refractivity contribution in [3.05, 3.63) is 34.7 Å². The van der Waals surface area contributed by atoms with Gasteiger partial charge in [-0.1, -0.05) is 12.1 Å². The molecule has 1 aliphatic rings. The van der Waals surface area contributed by atoms with Gasteiger partial charge >= 0.3 is 0 Å². The summed E-state index contributed by atoms with van der Waals surface area (Å²) in [4.78, 5) is 14.1. The van der Waals surface area contributed by atoms with Crippen LogP contribution in [0.2, 0.25) is 0 Å². The number of aromatic amines is 1. The number of nitrogens with zero attached hydrogens (tertiary/aromatic N) is 2. The molecule has 1 aromatic carbocycles. The van der Waals surface area contributed by atoms with E-state index in [2.05, 4.69) is 42.0 Å². The highest BCUT2D eigenvalue weighted by molar-refractivity contribution is 7.15. The first-order chi connectivity index (χ1) is 9.22. The molecule has 0 aliphatic heterocycles. The normalized spacial score (nSPS) is 15.3. The summed E-state index contributed by atoms with van der Waals surface area (Å²) in [7, 11) is 0. The van der Waals surface area contributed by atoms with E-state index < -0.39 is 0 Å². The second-order valence-electron chi connectivity index (χ2n) is 5.25. The number of thiazole rings is 1. The van der Waals surface area contributed by atoms with Crippen LogP contribution in [-0.4, -0.2) is 15.0 Å². The molecule has 2 aromatic heterocycles. The van der Waals surface area contributed by atoms with Gasteiger partial charge in [-0.25, -0.2) is 9.97 Å². The highest BCUT2D eigenvalue weighted by Crippen LogP contribution is 2.41. The lowest BCUT2D eigenvalue weighted by atomic mass is 10.1. The molecule has 3 nitrogen and oxygen atoms in total. The molecule has 0 spiro atoms.